The Kier molecular flexibility index (Phi) is 8.83. The summed E-state index contributed by atoms with van der Waals surface area (Å²) >= 11 is 0. The molecule has 0 aliphatic carbocycles. The first kappa shape index (κ1) is 11.0. The van der Waals surface area contributed by atoms with Gasteiger partial charge in [-0.1, -0.05) is 0 Å². The molecule has 0 aromatic rings. The van der Waals surface area contributed by atoms with Crippen LogP contribution in [-0.4, -0.2) is 22.4 Å². The van der Waals surface area contributed by atoms with Gasteiger partial charge in [-0.15, -0.1) is 0 Å². The van der Waals surface area contributed by atoms with Crippen molar-refractivity contribution in [1.82, 2.24) is 5.43 Å². The van der Waals surface area contributed by atoms with Crippen LogP contribution in [0.3, 0.4) is 0 Å². The second-order valence-corrected chi connectivity index (χ2v) is 1.60. The van der Waals surface area contributed by atoms with Crippen LogP contribution >= 0.6 is 0 Å². The fourth-order valence-electron chi connectivity index (χ4n) is 0. The third-order valence-electron chi connectivity index (χ3n) is 0.333. The molecule has 0 fully saturated rings. The molecule has 0 saturated carbocycles. The molecule has 0 unspecified atom stereocenters. The van der Waals surface area contributed by atoms with Crippen LogP contribution in [0.2, 0.25) is 0 Å². The van der Waals surface area contributed by atoms with Crippen molar-refractivity contribution in [1.29, 1.82) is 0 Å². The van der Waals surface area contributed by atoms with Crippen molar-refractivity contribution >= 4 is 6.16 Å². The van der Waals surface area contributed by atoms with E-state index in [9.17, 15) is 0 Å². The summed E-state index contributed by atoms with van der Waals surface area (Å²) in [5.74, 6) is 4.92. The largest absolute Gasteiger partial charge is 0.503 e. The number of carboxylic acid groups (broad SMARTS) is 2. The SMILES string of the molecule is CC(C)NN.O=C(O)O. The van der Waals surface area contributed by atoms with Gasteiger partial charge in [-0.25, -0.2) is 4.79 Å². The number of rotatable bonds is 1. The quantitative estimate of drug-likeness (QED) is 0.302. The van der Waals surface area contributed by atoms with E-state index in [1.807, 2.05) is 13.8 Å². The van der Waals surface area contributed by atoms with E-state index in [1.54, 1.807) is 0 Å². The van der Waals surface area contributed by atoms with Crippen molar-refractivity contribution in [3.63, 3.8) is 0 Å². The summed E-state index contributed by atoms with van der Waals surface area (Å²) in [7, 11) is 0. The number of carbonyl (C=O) groups is 1. The van der Waals surface area contributed by atoms with Gasteiger partial charge in [-0.05, 0) is 13.8 Å². The van der Waals surface area contributed by atoms with Gasteiger partial charge in [0.1, 0.15) is 0 Å². The molecule has 0 aliphatic rings. The number of nitrogens with two attached hydrogens (primary N) is 1. The third-order valence-corrected chi connectivity index (χ3v) is 0.333. The van der Waals surface area contributed by atoms with E-state index in [2.05, 4.69) is 5.43 Å². The molecule has 0 radical (unpaired) electrons. The molecule has 0 bridgehead atoms. The van der Waals surface area contributed by atoms with Crippen LogP contribution in [0.5, 0.6) is 0 Å². The zero-order valence-electron chi connectivity index (χ0n) is 5.46. The van der Waals surface area contributed by atoms with Crippen molar-refractivity contribution in [3.8, 4) is 0 Å². The molecule has 5 heteroatoms. The molecule has 5 N–H and O–H groups in total. The Morgan fingerprint density at radius 3 is 1.67 bits per heavy atom. The summed E-state index contributed by atoms with van der Waals surface area (Å²) in [6.45, 7) is 3.97. The number of nitrogens with one attached hydrogen (secondary N) is 1. The summed E-state index contributed by atoms with van der Waals surface area (Å²) in [5, 5.41) is 13.9. The Morgan fingerprint density at radius 1 is 1.56 bits per heavy atom. The molecule has 0 spiro atoms. The highest BCUT2D eigenvalue weighted by Gasteiger charge is 1.77. The van der Waals surface area contributed by atoms with Crippen LogP contribution in [0.15, 0.2) is 0 Å². The van der Waals surface area contributed by atoms with Gasteiger partial charge >= 0.3 is 6.16 Å². The van der Waals surface area contributed by atoms with E-state index in [0.29, 0.717) is 6.04 Å². The molecule has 56 valence electrons. The molecule has 0 aliphatic heterocycles. The monoisotopic (exact) mass is 136 g/mol. The first-order valence-electron chi connectivity index (χ1n) is 2.38. The first-order valence-corrected chi connectivity index (χ1v) is 2.38. The molecule has 0 amide bonds. The Balaban J connectivity index is 0. The average molecular weight is 136 g/mol. The first-order chi connectivity index (χ1) is 4.00. The van der Waals surface area contributed by atoms with E-state index < -0.39 is 6.16 Å². The normalized spacial score (nSPS) is 8.00. The summed E-state index contributed by atoms with van der Waals surface area (Å²) in [6, 6.07) is 0.412. The molecule has 5 nitrogen and oxygen atoms in total. The van der Waals surface area contributed by atoms with Crippen molar-refractivity contribution in [2.45, 2.75) is 19.9 Å². The lowest BCUT2D eigenvalue weighted by atomic mass is 10.4. The molecular formula is C4H12N2O3. The van der Waals surface area contributed by atoms with E-state index in [-0.39, 0.29) is 0 Å². The molecular weight excluding hydrogens is 124 g/mol. The topological polar surface area (TPSA) is 95.6 Å². The molecule has 0 saturated heterocycles. The second kappa shape index (κ2) is 7.19. The maximum atomic E-state index is 8.56. The average Bonchev–Trinajstić information content (AvgIpc) is 1.65. The van der Waals surface area contributed by atoms with Crippen molar-refractivity contribution in [3.05, 3.63) is 0 Å². The van der Waals surface area contributed by atoms with Crippen LogP contribution in [0.25, 0.3) is 0 Å². The summed E-state index contributed by atoms with van der Waals surface area (Å²) in [5.41, 5.74) is 2.53. The predicted molar refractivity (Wildman–Crippen MR) is 33.1 cm³/mol. The Hall–Kier alpha value is -0.810. The van der Waals surface area contributed by atoms with Gasteiger partial charge in [0.25, 0.3) is 0 Å². The minimum Gasteiger partial charge on any atom is -0.450 e. The zero-order chi connectivity index (χ0) is 7.86. The smallest absolute Gasteiger partial charge is 0.450 e. The fraction of sp³-hybridized carbons (Fsp3) is 0.750. The highest BCUT2D eigenvalue weighted by atomic mass is 16.6. The zero-order valence-corrected chi connectivity index (χ0v) is 5.46. The molecule has 0 aromatic heterocycles. The fourth-order valence-corrected chi connectivity index (χ4v) is 0. The van der Waals surface area contributed by atoms with Crippen LogP contribution in [0.1, 0.15) is 13.8 Å². The lowest BCUT2D eigenvalue weighted by Crippen LogP contribution is -2.29. The van der Waals surface area contributed by atoms with Crippen LogP contribution < -0.4 is 11.3 Å². The lowest BCUT2D eigenvalue weighted by molar-refractivity contribution is 0.137. The molecule has 0 rings (SSSR count). The van der Waals surface area contributed by atoms with Crippen molar-refractivity contribution in [2.75, 3.05) is 0 Å². The van der Waals surface area contributed by atoms with Gasteiger partial charge in [0.05, 0.1) is 0 Å². The van der Waals surface area contributed by atoms with Crippen LogP contribution in [0.4, 0.5) is 4.79 Å². The van der Waals surface area contributed by atoms with Gasteiger partial charge in [-0.2, -0.15) is 0 Å². The molecule has 0 aromatic carbocycles. The summed E-state index contributed by atoms with van der Waals surface area (Å²) in [6.07, 6.45) is -1.83. The lowest BCUT2D eigenvalue weighted by Gasteiger charge is -1.95. The maximum absolute atomic E-state index is 8.56. The number of hydrogen-bond acceptors (Lipinski definition) is 3. The van der Waals surface area contributed by atoms with Crippen LogP contribution in [0, 0.1) is 0 Å². The minimum absolute atomic E-state index is 0.412. The maximum Gasteiger partial charge on any atom is 0.503 e. The van der Waals surface area contributed by atoms with E-state index >= 15 is 0 Å². The Morgan fingerprint density at radius 2 is 1.67 bits per heavy atom. The summed E-state index contributed by atoms with van der Waals surface area (Å²) in [4.78, 5) is 8.56. The standard InChI is InChI=1S/C3H10N2.CH2O3/c1-3(2)5-4;2-1(3)4/h3,5H,4H2,1-2H3;(H2,2,3,4). The second-order valence-electron chi connectivity index (χ2n) is 1.60. The van der Waals surface area contributed by atoms with E-state index in [4.69, 9.17) is 20.9 Å². The van der Waals surface area contributed by atoms with Gasteiger partial charge in [-0.3, -0.25) is 11.3 Å². The van der Waals surface area contributed by atoms with Gasteiger partial charge in [0.15, 0.2) is 0 Å². The van der Waals surface area contributed by atoms with Crippen molar-refractivity contribution in [2.24, 2.45) is 5.84 Å². The van der Waals surface area contributed by atoms with Crippen molar-refractivity contribution < 1.29 is 15.0 Å². The predicted octanol–water partition coefficient (Wildman–Crippen LogP) is 0.0805. The highest BCUT2D eigenvalue weighted by molar-refractivity contribution is 5.53. The van der Waals surface area contributed by atoms with Gasteiger partial charge < -0.3 is 10.2 Å². The van der Waals surface area contributed by atoms with Crippen LogP contribution in [-0.2, 0) is 0 Å². The van der Waals surface area contributed by atoms with E-state index in [1.165, 1.54) is 0 Å². The molecule has 9 heavy (non-hydrogen) atoms. The molecule has 0 atom stereocenters. The van der Waals surface area contributed by atoms with E-state index in [0.717, 1.165) is 0 Å². The summed E-state index contributed by atoms with van der Waals surface area (Å²) < 4.78 is 0. The minimum atomic E-state index is -1.83. The number of hydrogen-bond donors (Lipinski definition) is 4. The Bertz CT molecular complexity index is 70.2. The van der Waals surface area contributed by atoms with Gasteiger partial charge in [0.2, 0.25) is 0 Å². The third kappa shape index (κ3) is 137. The Labute approximate surface area is 53.4 Å². The van der Waals surface area contributed by atoms with Gasteiger partial charge in [0, 0.05) is 6.04 Å². The number of hydrazine groups is 1. The molecule has 0 heterocycles. The highest BCUT2D eigenvalue weighted by Crippen LogP contribution is 1.64.